The maximum Gasteiger partial charge on any atom is 0.159 e. The highest BCUT2D eigenvalue weighted by molar-refractivity contribution is 7.26. The molecular formula is C66H40N2OS2. The zero-order valence-electron chi connectivity index (χ0n) is 38.2. The lowest BCUT2D eigenvalue weighted by atomic mass is 9.95. The lowest BCUT2D eigenvalue weighted by molar-refractivity contribution is 0.669. The number of nitrogens with zero attached hydrogens (tertiary/aromatic N) is 2. The van der Waals surface area contributed by atoms with Crippen LogP contribution in [0.5, 0.6) is 0 Å². The van der Waals surface area contributed by atoms with Crippen LogP contribution in [0.15, 0.2) is 247 Å². The van der Waals surface area contributed by atoms with Crippen molar-refractivity contribution in [1.29, 1.82) is 0 Å². The minimum absolute atomic E-state index is 0.847. The first-order valence-electron chi connectivity index (χ1n) is 24.1. The topological polar surface area (TPSA) is 21.3 Å². The van der Waals surface area contributed by atoms with E-state index in [1.165, 1.54) is 73.3 Å². The summed E-state index contributed by atoms with van der Waals surface area (Å²) in [5.74, 6) is 0. The largest absolute Gasteiger partial charge is 0.454 e. The summed E-state index contributed by atoms with van der Waals surface area (Å²) in [6, 6.07) is 88.8. The Balaban J connectivity index is 1.01. The predicted octanol–water partition coefficient (Wildman–Crippen LogP) is 19.9. The number of thiophene rings is 2. The third-order valence-corrected chi connectivity index (χ3v) is 16.8. The van der Waals surface area contributed by atoms with Crippen molar-refractivity contribution >= 4 is 124 Å². The first-order chi connectivity index (χ1) is 35.2. The molecule has 0 bridgehead atoms. The fourth-order valence-electron chi connectivity index (χ4n) is 11.2. The molecule has 71 heavy (non-hydrogen) atoms. The third kappa shape index (κ3) is 6.34. The second-order valence-corrected chi connectivity index (χ2v) is 20.5. The Morgan fingerprint density at radius 1 is 0.338 bits per heavy atom. The highest BCUT2D eigenvalue weighted by Crippen LogP contribution is 2.48. The van der Waals surface area contributed by atoms with Crippen molar-refractivity contribution in [3.8, 4) is 39.1 Å². The van der Waals surface area contributed by atoms with Crippen LogP contribution in [0.3, 0.4) is 0 Å². The fourth-order valence-corrected chi connectivity index (χ4v) is 13.6. The molecule has 0 fully saturated rings. The standard InChI is InChI=1S/C66H40N2OS2/c1-2-17-45(18-3-1)68-58-29-8-4-20-50(58)57-40-41(34-35-59(57)68)43-36-44(49-25-14-28-56-53-23-7-11-33-63(53)71-66(49)56)39-47(38-43)67(60-30-15-26-54-51-21-5-9-31-61(51)69-64(54)60)46-19-12-16-42(37-46)48-24-13-27-55-52-22-6-10-32-62(52)70-65(48)55/h1-40H. The molecule has 15 aromatic rings. The summed E-state index contributed by atoms with van der Waals surface area (Å²) >= 11 is 3.74. The average molecular weight is 941 g/mol. The summed E-state index contributed by atoms with van der Waals surface area (Å²) in [5.41, 5.74) is 15.3. The zero-order valence-corrected chi connectivity index (χ0v) is 39.8. The van der Waals surface area contributed by atoms with Gasteiger partial charge in [0.05, 0.1) is 16.7 Å². The Kier molecular flexibility index (Phi) is 9.00. The molecule has 0 atom stereocenters. The smallest absolute Gasteiger partial charge is 0.159 e. The van der Waals surface area contributed by atoms with Gasteiger partial charge in [-0.2, -0.15) is 0 Å². The van der Waals surface area contributed by atoms with E-state index >= 15 is 0 Å². The number of rotatable bonds is 7. The van der Waals surface area contributed by atoms with Crippen LogP contribution in [-0.4, -0.2) is 4.57 Å². The fraction of sp³-hybridized carbons (Fsp3) is 0. The third-order valence-electron chi connectivity index (χ3n) is 14.4. The molecule has 4 heterocycles. The molecule has 0 aliphatic heterocycles. The van der Waals surface area contributed by atoms with Crippen molar-refractivity contribution in [1.82, 2.24) is 4.57 Å². The maximum absolute atomic E-state index is 6.92. The first-order valence-corrected chi connectivity index (χ1v) is 25.7. The van der Waals surface area contributed by atoms with E-state index in [9.17, 15) is 0 Å². The molecule has 5 heteroatoms. The van der Waals surface area contributed by atoms with E-state index in [2.05, 4.69) is 252 Å². The Hall–Kier alpha value is -8.74. The van der Waals surface area contributed by atoms with E-state index in [1.807, 2.05) is 22.7 Å². The van der Waals surface area contributed by atoms with Gasteiger partial charge in [-0.3, -0.25) is 0 Å². The minimum atomic E-state index is 0.847. The zero-order chi connectivity index (χ0) is 46.6. The predicted molar refractivity (Wildman–Crippen MR) is 305 cm³/mol. The summed E-state index contributed by atoms with van der Waals surface area (Å²) in [6.07, 6.45) is 0. The average Bonchev–Trinajstić information content (AvgIpc) is 4.20. The van der Waals surface area contributed by atoms with Crippen LogP contribution >= 0.6 is 22.7 Å². The van der Waals surface area contributed by atoms with Crippen LogP contribution in [0.25, 0.3) is 123 Å². The number of fused-ring (bicyclic) bond motifs is 12. The van der Waals surface area contributed by atoms with E-state index in [0.29, 0.717) is 0 Å². The van der Waals surface area contributed by atoms with E-state index < -0.39 is 0 Å². The highest BCUT2D eigenvalue weighted by atomic mass is 32.1. The maximum atomic E-state index is 6.92. The van der Waals surface area contributed by atoms with E-state index in [0.717, 1.165) is 66.9 Å². The number of para-hydroxylation sites is 4. The van der Waals surface area contributed by atoms with Gasteiger partial charge in [0.1, 0.15) is 5.58 Å². The number of furan rings is 1. The molecular weight excluding hydrogens is 901 g/mol. The monoisotopic (exact) mass is 940 g/mol. The van der Waals surface area contributed by atoms with Gasteiger partial charge in [0.15, 0.2) is 5.58 Å². The molecule has 4 aromatic heterocycles. The van der Waals surface area contributed by atoms with Gasteiger partial charge >= 0.3 is 0 Å². The van der Waals surface area contributed by atoms with Crippen molar-refractivity contribution in [2.24, 2.45) is 0 Å². The van der Waals surface area contributed by atoms with Gasteiger partial charge in [-0.15, -0.1) is 22.7 Å². The Morgan fingerprint density at radius 2 is 0.915 bits per heavy atom. The van der Waals surface area contributed by atoms with Crippen LogP contribution in [-0.2, 0) is 0 Å². The van der Waals surface area contributed by atoms with Crippen molar-refractivity contribution < 1.29 is 4.42 Å². The lowest BCUT2D eigenvalue weighted by Crippen LogP contribution is -2.11. The molecule has 3 nitrogen and oxygen atoms in total. The van der Waals surface area contributed by atoms with Gasteiger partial charge in [-0.05, 0) is 118 Å². The van der Waals surface area contributed by atoms with Crippen LogP contribution in [0.1, 0.15) is 0 Å². The van der Waals surface area contributed by atoms with E-state index in [-0.39, 0.29) is 0 Å². The Labute approximate surface area is 416 Å². The molecule has 0 spiro atoms. The van der Waals surface area contributed by atoms with Gasteiger partial charge < -0.3 is 13.9 Å². The van der Waals surface area contributed by atoms with Crippen molar-refractivity contribution in [3.63, 3.8) is 0 Å². The van der Waals surface area contributed by atoms with Gasteiger partial charge in [-0.1, -0.05) is 158 Å². The van der Waals surface area contributed by atoms with Crippen LogP contribution in [0.4, 0.5) is 17.1 Å². The minimum Gasteiger partial charge on any atom is -0.454 e. The summed E-state index contributed by atoms with van der Waals surface area (Å²) in [7, 11) is 0. The summed E-state index contributed by atoms with van der Waals surface area (Å²) in [6.45, 7) is 0. The molecule has 0 saturated heterocycles. The summed E-state index contributed by atoms with van der Waals surface area (Å²) in [5, 5.41) is 9.77. The van der Waals surface area contributed by atoms with Crippen molar-refractivity contribution in [3.05, 3.63) is 243 Å². The highest BCUT2D eigenvalue weighted by Gasteiger charge is 2.23. The number of hydrogen-bond donors (Lipinski definition) is 0. The molecule has 0 aliphatic rings. The number of aromatic nitrogens is 1. The van der Waals surface area contributed by atoms with Gasteiger partial charge in [0, 0.05) is 79.0 Å². The molecule has 0 aliphatic carbocycles. The molecule has 15 rings (SSSR count). The molecule has 332 valence electrons. The van der Waals surface area contributed by atoms with Crippen LogP contribution < -0.4 is 4.90 Å². The molecule has 0 amide bonds. The lowest BCUT2D eigenvalue weighted by Gasteiger charge is -2.27. The normalized spacial score (nSPS) is 11.9. The van der Waals surface area contributed by atoms with E-state index in [1.54, 1.807) is 0 Å². The number of benzene rings is 11. The molecule has 11 aromatic carbocycles. The van der Waals surface area contributed by atoms with Gasteiger partial charge in [-0.25, -0.2) is 0 Å². The molecule has 0 saturated carbocycles. The molecule has 0 unspecified atom stereocenters. The summed E-state index contributed by atoms with van der Waals surface area (Å²) in [4.78, 5) is 2.43. The van der Waals surface area contributed by atoms with E-state index in [4.69, 9.17) is 4.42 Å². The molecule has 0 radical (unpaired) electrons. The van der Waals surface area contributed by atoms with Crippen molar-refractivity contribution in [2.75, 3.05) is 4.90 Å². The van der Waals surface area contributed by atoms with Crippen molar-refractivity contribution in [2.45, 2.75) is 0 Å². The Bertz CT molecular complexity index is 4610. The second kappa shape index (κ2) is 15.9. The van der Waals surface area contributed by atoms with Gasteiger partial charge in [0.25, 0.3) is 0 Å². The molecule has 0 N–H and O–H groups in total. The van der Waals surface area contributed by atoms with Crippen LogP contribution in [0.2, 0.25) is 0 Å². The quantitative estimate of drug-likeness (QED) is 0.159. The second-order valence-electron chi connectivity index (χ2n) is 18.4. The number of hydrogen-bond acceptors (Lipinski definition) is 4. The van der Waals surface area contributed by atoms with Crippen LogP contribution in [0, 0.1) is 0 Å². The Morgan fingerprint density at radius 3 is 1.69 bits per heavy atom. The first kappa shape index (κ1) is 40.2. The number of anilines is 3. The van der Waals surface area contributed by atoms with Gasteiger partial charge in [0.2, 0.25) is 0 Å². The summed E-state index contributed by atoms with van der Waals surface area (Å²) < 4.78 is 14.5. The SMILES string of the molecule is c1ccc(-n2c3ccccc3c3cc(-c4cc(-c5cccc6c5sc5ccccc56)cc(N(c5cccc(-c6cccc7c6sc6ccccc67)c5)c5cccc6c5oc5ccccc56)c4)ccc32)cc1.